The Bertz CT molecular complexity index is 280. The molecule has 0 saturated carbocycles. The number of hydrogen-bond acceptors (Lipinski definition) is 1. The van der Waals surface area contributed by atoms with Crippen molar-refractivity contribution in [3.05, 3.63) is 29.6 Å². The average Bonchev–Trinajstić information content (AvgIpc) is 2.12. The van der Waals surface area contributed by atoms with Crippen LogP contribution in [0.2, 0.25) is 0 Å². The van der Waals surface area contributed by atoms with Crippen molar-refractivity contribution in [2.24, 2.45) is 5.92 Å². The number of nitrogens with zero attached hydrogens (tertiary/aromatic N) is 1. The molecule has 0 aliphatic heterocycles. The van der Waals surface area contributed by atoms with Gasteiger partial charge in [0.2, 0.25) is 0 Å². The van der Waals surface area contributed by atoms with E-state index in [4.69, 9.17) is 0 Å². The summed E-state index contributed by atoms with van der Waals surface area (Å²) in [6.45, 7) is 4.64. The van der Waals surface area contributed by atoms with Gasteiger partial charge < -0.3 is 0 Å². The van der Waals surface area contributed by atoms with Gasteiger partial charge in [0.25, 0.3) is 0 Å². The van der Waals surface area contributed by atoms with Gasteiger partial charge in [-0.2, -0.15) is 0 Å². The van der Waals surface area contributed by atoms with Gasteiger partial charge in [0.1, 0.15) is 0 Å². The lowest BCUT2D eigenvalue weighted by molar-refractivity contribution is 0.420. The Morgan fingerprint density at radius 3 is 3.08 bits per heavy atom. The summed E-state index contributed by atoms with van der Waals surface area (Å²) in [7, 11) is 0. The van der Waals surface area contributed by atoms with Gasteiger partial charge in [-0.1, -0.05) is 19.9 Å². The molecule has 1 aromatic rings. The molecule has 0 amide bonds. The maximum absolute atomic E-state index is 4.40. The molecule has 64 valence electrons. The first-order valence-electron chi connectivity index (χ1n) is 4.73. The summed E-state index contributed by atoms with van der Waals surface area (Å²) in [4.78, 5) is 4.40. The molecule has 1 aliphatic carbocycles. The summed E-state index contributed by atoms with van der Waals surface area (Å²) in [5.41, 5.74) is 2.79. The van der Waals surface area contributed by atoms with E-state index in [0.29, 0.717) is 5.92 Å². The molecule has 0 radical (unpaired) electrons. The van der Waals surface area contributed by atoms with Crippen LogP contribution in [0.1, 0.15) is 37.4 Å². The van der Waals surface area contributed by atoms with Crippen molar-refractivity contribution in [1.29, 1.82) is 0 Å². The Kier molecular flexibility index (Phi) is 1.87. The van der Waals surface area contributed by atoms with Crippen molar-refractivity contribution in [3.63, 3.8) is 0 Å². The SMILES string of the molecule is CC1CCc2ncccc2C1C. The number of aromatic nitrogens is 1. The van der Waals surface area contributed by atoms with Crippen molar-refractivity contribution in [3.8, 4) is 0 Å². The molecule has 0 fully saturated rings. The molecular formula is C11H15N. The van der Waals surface area contributed by atoms with Crippen LogP contribution in [-0.4, -0.2) is 4.98 Å². The molecule has 1 nitrogen and oxygen atoms in total. The molecule has 12 heavy (non-hydrogen) atoms. The maximum atomic E-state index is 4.40. The van der Waals surface area contributed by atoms with Gasteiger partial charge in [0.15, 0.2) is 0 Å². The van der Waals surface area contributed by atoms with Crippen LogP contribution in [0.4, 0.5) is 0 Å². The normalized spacial score (nSPS) is 28.2. The zero-order chi connectivity index (χ0) is 8.55. The zero-order valence-corrected chi connectivity index (χ0v) is 7.75. The summed E-state index contributed by atoms with van der Waals surface area (Å²) in [5.74, 6) is 1.52. The summed E-state index contributed by atoms with van der Waals surface area (Å²) >= 11 is 0. The van der Waals surface area contributed by atoms with Gasteiger partial charge in [0, 0.05) is 11.9 Å². The predicted octanol–water partition coefficient (Wildman–Crippen LogP) is 2.77. The molecule has 1 heterocycles. The summed E-state index contributed by atoms with van der Waals surface area (Å²) in [6.07, 6.45) is 4.37. The molecule has 0 N–H and O–H groups in total. The molecule has 1 heteroatoms. The average molecular weight is 161 g/mol. The molecule has 0 bridgehead atoms. The number of hydrogen-bond donors (Lipinski definition) is 0. The fraction of sp³-hybridized carbons (Fsp3) is 0.545. The highest BCUT2D eigenvalue weighted by Gasteiger charge is 2.22. The van der Waals surface area contributed by atoms with E-state index in [-0.39, 0.29) is 0 Å². The highest BCUT2D eigenvalue weighted by molar-refractivity contribution is 5.26. The fourth-order valence-electron chi connectivity index (χ4n) is 1.99. The summed E-state index contributed by atoms with van der Waals surface area (Å²) < 4.78 is 0. The predicted molar refractivity (Wildman–Crippen MR) is 50.1 cm³/mol. The molecular weight excluding hydrogens is 146 g/mol. The number of pyridine rings is 1. The quantitative estimate of drug-likeness (QED) is 0.570. The van der Waals surface area contributed by atoms with E-state index in [1.54, 1.807) is 0 Å². The van der Waals surface area contributed by atoms with Crippen LogP contribution < -0.4 is 0 Å². The van der Waals surface area contributed by atoms with Crippen LogP contribution >= 0.6 is 0 Å². The minimum Gasteiger partial charge on any atom is -0.261 e. The lowest BCUT2D eigenvalue weighted by Gasteiger charge is -2.27. The second kappa shape index (κ2) is 2.89. The van der Waals surface area contributed by atoms with E-state index in [1.165, 1.54) is 24.1 Å². The van der Waals surface area contributed by atoms with E-state index < -0.39 is 0 Å². The lowest BCUT2D eigenvalue weighted by atomic mass is 9.79. The molecule has 2 atom stereocenters. The van der Waals surface area contributed by atoms with Crippen LogP contribution in [0.15, 0.2) is 18.3 Å². The van der Waals surface area contributed by atoms with Gasteiger partial charge >= 0.3 is 0 Å². The first-order chi connectivity index (χ1) is 5.79. The highest BCUT2D eigenvalue weighted by atomic mass is 14.7. The first kappa shape index (κ1) is 7.78. The number of rotatable bonds is 0. The topological polar surface area (TPSA) is 12.9 Å². The fourth-order valence-corrected chi connectivity index (χ4v) is 1.99. The monoisotopic (exact) mass is 161 g/mol. The van der Waals surface area contributed by atoms with E-state index in [2.05, 4.69) is 24.9 Å². The smallest absolute Gasteiger partial charge is 0.0438 e. The Morgan fingerprint density at radius 1 is 1.42 bits per heavy atom. The van der Waals surface area contributed by atoms with Crippen LogP contribution in [-0.2, 0) is 6.42 Å². The minimum atomic E-state index is 0.697. The van der Waals surface area contributed by atoms with Crippen molar-refractivity contribution in [2.75, 3.05) is 0 Å². The maximum Gasteiger partial charge on any atom is 0.0438 e. The minimum absolute atomic E-state index is 0.697. The van der Waals surface area contributed by atoms with Gasteiger partial charge in [-0.05, 0) is 36.3 Å². The van der Waals surface area contributed by atoms with Gasteiger partial charge in [-0.25, -0.2) is 0 Å². The molecule has 2 rings (SSSR count). The Morgan fingerprint density at radius 2 is 2.25 bits per heavy atom. The van der Waals surface area contributed by atoms with Gasteiger partial charge in [0.05, 0.1) is 0 Å². The van der Waals surface area contributed by atoms with Crippen molar-refractivity contribution < 1.29 is 0 Å². The first-order valence-corrected chi connectivity index (χ1v) is 4.73. The van der Waals surface area contributed by atoms with Crippen molar-refractivity contribution >= 4 is 0 Å². The van der Waals surface area contributed by atoms with Gasteiger partial charge in [-0.15, -0.1) is 0 Å². The molecule has 0 saturated heterocycles. The van der Waals surface area contributed by atoms with Crippen LogP contribution in [0.5, 0.6) is 0 Å². The third-order valence-corrected chi connectivity index (χ3v) is 3.11. The van der Waals surface area contributed by atoms with E-state index in [1.807, 2.05) is 12.3 Å². The standard InChI is InChI=1S/C11H15N/c1-8-5-6-11-10(9(8)2)4-3-7-12-11/h3-4,7-9H,5-6H2,1-2H3. The molecule has 1 aromatic heterocycles. The van der Waals surface area contributed by atoms with Gasteiger partial charge in [-0.3, -0.25) is 4.98 Å². The molecule has 0 aromatic carbocycles. The van der Waals surface area contributed by atoms with E-state index in [0.717, 1.165) is 5.92 Å². The third kappa shape index (κ3) is 1.13. The Balaban J connectivity index is 2.42. The second-order valence-corrected chi connectivity index (χ2v) is 3.84. The molecule has 2 unspecified atom stereocenters. The van der Waals surface area contributed by atoms with Crippen LogP contribution in [0.3, 0.4) is 0 Å². The van der Waals surface area contributed by atoms with Crippen molar-refractivity contribution in [1.82, 2.24) is 4.98 Å². The third-order valence-electron chi connectivity index (χ3n) is 3.11. The molecule has 1 aliphatic rings. The zero-order valence-electron chi connectivity index (χ0n) is 7.75. The summed E-state index contributed by atoms with van der Waals surface area (Å²) in [6, 6.07) is 4.27. The largest absolute Gasteiger partial charge is 0.261 e. The van der Waals surface area contributed by atoms with Crippen LogP contribution in [0, 0.1) is 5.92 Å². The second-order valence-electron chi connectivity index (χ2n) is 3.84. The Hall–Kier alpha value is -0.850. The number of fused-ring (bicyclic) bond motifs is 1. The van der Waals surface area contributed by atoms with Crippen LogP contribution in [0.25, 0.3) is 0 Å². The van der Waals surface area contributed by atoms with E-state index >= 15 is 0 Å². The molecule has 0 spiro atoms. The Labute approximate surface area is 73.8 Å². The highest BCUT2D eigenvalue weighted by Crippen LogP contribution is 2.33. The number of aryl methyl sites for hydroxylation is 1. The van der Waals surface area contributed by atoms with Crippen molar-refractivity contribution in [2.45, 2.75) is 32.6 Å². The summed E-state index contributed by atoms with van der Waals surface area (Å²) in [5, 5.41) is 0. The van der Waals surface area contributed by atoms with E-state index in [9.17, 15) is 0 Å². The lowest BCUT2D eigenvalue weighted by Crippen LogP contribution is -2.16.